The van der Waals surface area contributed by atoms with E-state index >= 15 is 0 Å². The molecule has 0 aliphatic heterocycles. The molecule has 1 amide bonds. The monoisotopic (exact) mass is 505 g/mol. The van der Waals surface area contributed by atoms with Crippen LogP contribution in [0.2, 0.25) is 0 Å². The van der Waals surface area contributed by atoms with E-state index in [4.69, 9.17) is 4.74 Å². The van der Waals surface area contributed by atoms with Crippen LogP contribution in [0.5, 0.6) is 5.75 Å². The van der Waals surface area contributed by atoms with Gasteiger partial charge in [0.05, 0.1) is 4.92 Å². The molecule has 0 bridgehead atoms. The number of hydrogen-bond donors (Lipinski definition) is 1. The molecule has 0 spiro atoms. The molecule has 0 unspecified atom stereocenters. The number of nitriles is 1. The first-order valence-electron chi connectivity index (χ1n) is 10.1. The molecule has 166 valence electrons. The lowest BCUT2D eigenvalue weighted by atomic mass is 10.1. The van der Waals surface area contributed by atoms with Crippen LogP contribution < -0.4 is 10.1 Å². The molecule has 0 aliphatic rings. The summed E-state index contributed by atoms with van der Waals surface area (Å²) in [5.41, 5.74) is 2.95. The highest BCUT2D eigenvalue weighted by Gasteiger charge is 2.13. The zero-order chi connectivity index (χ0) is 23.8. The van der Waals surface area contributed by atoms with Gasteiger partial charge in [0.2, 0.25) is 0 Å². The molecular weight excluding hydrogens is 486 g/mol. The minimum Gasteiger partial charge on any atom is -0.488 e. The summed E-state index contributed by atoms with van der Waals surface area (Å²) in [5, 5.41) is 23.1. The molecule has 0 aliphatic carbocycles. The van der Waals surface area contributed by atoms with E-state index in [1.807, 2.05) is 25.1 Å². The van der Waals surface area contributed by atoms with Crippen molar-refractivity contribution in [3.05, 3.63) is 104 Å². The first-order valence-corrected chi connectivity index (χ1v) is 10.9. The second-order valence-electron chi connectivity index (χ2n) is 7.07. The Morgan fingerprint density at radius 3 is 2.39 bits per heavy atom. The summed E-state index contributed by atoms with van der Waals surface area (Å²) in [6.45, 7) is 2.21. The highest BCUT2D eigenvalue weighted by atomic mass is 79.9. The Hall–Kier alpha value is -3.96. The highest BCUT2D eigenvalue weighted by Crippen LogP contribution is 2.27. The van der Waals surface area contributed by atoms with Gasteiger partial charge < -0.3 is 10.1 Å². The molecule has 3 aromatic rings. The van der Waals surface area contributed by atoms with Gasteiger partial charge in [0, 0.05) is 27.9 Å². The number of anilines is 1. The fourth-order valence-electron chi connectivity index (χ4n) is 2.96. The van der Waals surface area contributed by atoms with Crippen molar-refractivity contribution in [1.82, 2.24) is 0 Å². The van der Waals surface area contributed by atoms with E-state index in [1.165, 1.54) is 18.2 Å². The number of nitro groups is 1. The number of rotatable bonds is 8. The van der Waals surface area contributed by atoms with Crippen LogP contribution in [0.25, 0.3) is 6.08 Å². The van der Waals surface area contributed by atoms with Crippen LogP contribution in [0, 0.1) is 21.4 Å². The number of nitrogens with one attached hydrogen (secondary N) is 1. The van der Waals surface area contributed by atoms with Crippen LogP contribution in [0.4, 0.5) is 11.4 Å². The molecule has 0 fully saturated rings. The highest BCUT2D eigenvalue weighted by molar-refractivity contribution is 9.10. The Balaban J connectivity index is 1.78. The Bertz CT molecular complexity index is 1230. The van der Waals surface area contributed by atoms with Crippen LogP contribution in [-0.4, -0.2) is 10.8 Å². The molecule has 7 nitrogen and oxygen atoms in total. The van der Waals surface area contributed by atoms with Crippen molar-refractivity contribution in [2.75, 3.05) is 5.32 Å². The van der Waals surface area contributed by atoms with Crippen molar-refractivity contribution in [2.24, 2.45) is 0 Å². The van der Waals surface area contributed by atoms with Crippen LogP contribution >= 0.6 is 15.9 Å². The largest absolute Gasteiger partial charge is 0.488 e. The number of amides is 1. The SMILES string of the molecule is CCc1ccc(NC(=O)/C(C#N)=C/c2cc(Br)ccc2OCc2ccc([N+](=O)[O-])cc2)cc1. The Morgan fingerprint density at radius 1 is 1.12 bits per heavy atom. The van der Waals surface area contributed by atoms with Crippen molar-refractivity contribution in [3.63, 3.8) is 0 Å². The number of non-ortho nitro benzene ring substituents is 1. The minimum absolute atomic E-state index is 0.0000208. The van der Waals surface area contributed by atoms with Gasteiger partial charge in [-0.3, -0.25) is 14.9 Å². The normalized spacial score (nSPS) is 10.9. The number of ether oxygens (including phenoxy) is 1. The molecule has 0 atom stereocenters. The number of nitro benzene ring substituents is 1. The van der Waals surface area contributed by atoms with E-state index in [1.54, 1.807) is 42.5 Å². The first kappa shape index (κ1) is 23.7. The lowest BCUT2D eigenvalue weighted by Gasteiger charge is -2.11. The van der Waals surface area contributed by atoms with Crippen LogP contribution in [0.3, 0.4) is 0 Å². The predicted molar refractivity (Wildman–Crippen MR) is 130 cm³/mol. The summed E-state index contributed by atoms with van der Waals surface area (Å²) in [6, 6.07) is 20.7. The molecule has 0 heterocycles. The van der Waals surface area contributed by atoms with Crippen molar-refractivity contribution >= 4 is 39.3 Å². The van der Waals surface area contributed by atoms with Gasteiger partial charge in [-0.15, -0.1) is 0 Å². The molecular formula is C25H20BrN3O4. The minimum atomic E-state index is -0.525. The topological polar surface area (TPSA) is 105 Å². The summed E-state index contributed by atoms with van der Waals surface area (Å²) in [7, 11) is 0. The molecule has 0 aromatic heterocycles. The molecule has 0 saturated carbocycles. The predicted octanol–water partition coefficient (Wildman–Crippen LogP) is 6.04. The van der Waals surface area contributed by atoms with Gasteiger partial charge >= 0.3 is 0 Å². The maximum atomic E-state index is 12.7. The van der Waals surface area contributed by atoms with E-state index in [-0.39, 0.29) is 17.9 Å². The maximum absolute atomic E-state index is 12.7. The zero-order valence-electron chi connectivity index (χ0n) is 17.7. The summed E-state index contributed by atoms with van der Waals surface area (Å²) in [4.78, 5) is 23.0. The van der Waals surface area contributed by atoms with Crippen LogP contribution in [-0.2, 0) is 17.8 Å². The number of halogens is 1. The van der Waals surface area contributed by atoms with Crippen LogP contribution in [0.15, 0.2) is 76.8 Å². The molecule has 1 N–H and O–H groups in total. The fraction of sp³-hybridized carbons (Fsp3) is 0.120. The third kappa shape index (κ3) is 6.51. The van der Waals surface area contributed by atoms with E-state index < -0.39 is 10.8 Å². The smallest absolute Gasteiger partial charge is 0.269 e. The van der Waals surface area contributed by atoms with Gasteiger partial charge in [0.15, 0.2) is 0 Å². The van der Waals surface area contributed by atoms with E-state index in [0.717, 1.165) is 22.0 Å². The van der Waals surface area contributed by atoms with Gasteiger partial charge in [-0.05, 0) is 66.1 Å². The zero-order valence-corrected chi connectivity index (χ0v) is 19.3. The van der Waals surface area contributed by atoms with Crippen molar-refractivity contribution in [1.29, 1.82) is 5.26 Å². The molecule has 3 rings (SSSR count). The van der Waals surface area contributed by atoms with E-state index in [2.05, 4.69) is 21.2 Å². The van der Waals surface area contributed by atoms with E-state index in [9.17, 15) is 20.2 Å². The lowest BCUT2D eigenvalue weighted by molar-refractivity contribution is -0.384. The Labute approximate surface area is 199 Å². The second-order valence-corrected chi connectivity index (χ2v) is 7.98. The van der Waals surface area contributed by atoms with Gasteiger partial charge in [0.1, 0.15) is 24.0 Å². The third-order valence-corrected chi connectivity index (χ3v) is 5.29. The average Bonchev–Trinajstić information content (AvgIpc) is 2.82. The van der Waals surface area contributed by atoms with Gasteiger partial charge in [0.25, 0.3) is 11.6 Å². The number of nitrogens with zero attached hydrogens (tertiary/aromatic N) is 2. The van der Waals surface area contributed by atoms with Crippen LogP contribution in [0.1, 0.15) is 23.6 Å². The Morgan fingerprint density at radius 2 is 1.79 bits per heavy atom. The third-order valence-electron chi connectivity index (χ3n) is 4.80. The molecule has 0 saturated heterocycles. The molecule has 33 heavy (non-hydrogen) atoms. The lowest BCUT2D eigenvalue weighted by Crippen LogP contribution is -2.13. The van der Waals surface area contributed by atoms with Gasteiger partial charge in [-0.1, -0.05) is 35.0 Å². The van der Waals surface area contributed by atoms with Gasteiger partial charge in [-0.2, -0.15) is 5.26 Å². The van der Waals surface area contributed by atoms with Crippen molar-refractivity contribution in [2.45, 2.75) is 20.0 Å². The number of carbonyl (C=O) groups is 1. The number of aryl methyl sites for hydroxylation is 1. The van der Waals surface area contributed by atoms with Crippen molar-refractivity contribution < 1.29 is 14.5 Å². The Kier molecular flexibility index (Phi) is 7.95. The second kappa shape index (κ2) is 11.1. The molecule has 0 radical (unpaired) electrons. The summed E-state index contributed by atoms with van der Waals surface area (Å²) in [5.74, 6) is -0.0626. The average molecular weight is 506 g/mol. The molecule has 8 heteroatoms. The summed E-state index contributed by atoms with van der Waals surface area (Å²) < 4.78 is 6.63. The van der Waals surface area contributed by atoms with Crippen molar-refractivity contribution in [3.8, 4) is 11.8 Å². The summed E-state index contributed by atoms with van der Waals surface area (Å²) in [6.07, 6.45) is 2.36. The van der Waals surface area contributed by atoms with Gasteiger partial charge in [-0.25, -0.2) is 0 Å². The standard InChI is InChI=1S/C25H20BrN3O4/c1-2-17-3-8-22(9-4-17)28-25(30)20(15-27)13-19-14-21(26)7-12-24(19)33-16-18-5-10-23(11-6-18)29(31)32/h3-14H,2,16H2,1H3,(H,28,30)/b20-13+. The maximum Gasteiger partial charge on any atom is 0.269 e. The number of hydrogen-bond acceptors (Lipinski definition) is 5. The first-order chi connectivity index (χ1) is 15.9. The number of benzene rings is 3. The summed E-state index contributed by atoms with van der Waals surface area (Å²) >= 11 is 3.40. The quantitative estimate of drug-likeness (QED) is 0.174. The fourth-order valence-corrected chi connectivity index (χ4v) is 3.34. The molecule has 3 aromatic carbocycles. The van der Waals surface area contributed by atoms with E-state index in [0.29, 0.717) is 17.0 Å². The number of carbonyl (C=O) groups excluding carboxylic acids is 1.